The van der Waals surface area contributed by atoms with Gasteiger partial charge in [0.25, 0.3) is 5.91 Å². The van der Waals surface area contributed by atoms with Gasteiger partial charge in [0.15, 0.2) is 0 Å². The monoisotopic (exact) mass is 254 g/mol. The van der Waals surface area contributed by atoms with Crippen molar-refractivity contribution in [2.24, 2.45) is 17.7 Å². The fraction of sp³-hybridized carbons (Fsp3) is 0.455. The van der Waals surface area contributed by atoms with Crippen LogP contribution in [0.4, 0.5) is 5.82 Å². The first-order chi connectivity index (χ1) is 8.11. The van der Waals surface area contributed by atoms with Crippen LogP contribution in [0.15, 0.2) is 12.1 Å². The standard InChI is InChI=1S/C11H15ClN4O/c1-6-4-7(6)5-14-11(17)10-8(12)2-3-9(15-10)16-13/h2-3,6-7H,4-5,13H2,1H3,(H,14,17)(H,15,16). The van der Waals surface area contributed by atoms with Crippen molar-refractivity contribution in [3.63, 3.8) is 0 Å². The number of nitrogens with zero attached hydrogens (tertiary/aromatic N) is 1. The van der Waals surface area contributed by atoms with E-state index in [9.17, 15) is 4.79 Å². The van der Waals surface area contributed by atoms with Crippen LogP contribution in [0.1, 0.15) is 23.8 Å². The van der Waals surface area contributed by atoms with Crippen molar-refractivity contribution in [1.82, 2.24) is 10.3 Å². The van der Waals surface area contributed by atoms with E-state index in [0.717, 1.165) is 0 Å². The quantitative estimate of drug-likeness (QED) is 0.561. The number of nitrogen functional groups attached to an aromatic ring is 1. The van der Waals surface area contributed by atoms with Gasteiger partial charge in [-0.3, -0.25) is 4.79 Å². The predicted molar refractivity (Wildman–Crippen MR) is 66.7 cm³/mol. The second-order valence-electron chi connectivity index (χ2n) is 4.35. The van der Waals surface area contributed by atoms with Crippen molar-refractivity contribution >= 4 is 23.3 Å². The highest BCUT2D eigenvalue weighted by atomic mass is 35.5. The van der Waals surface area contributed by atoms with Crippen LogP contribution in [0.3, 0.4) is 0 Å². The summed E-state index contributed by atoms with van der Waals surface area (Å²) in [6, 6.07) is 3.21. The summed E-state index contributed by atoms with van der Waals surface area (Å²) >= 11 is 5.92. The summed E-state index contributed by atoms with van der Waals surface area (Å²) in [6.07, 6.45) is 1.17. The van der Waals surface area contributed by atoms with Crippen LogP contribution in [-0.4, -0.2) is 17.4 Å². The number of amides is 1. The first-order valence-electron chi connectivity index (χ1n) is 5.53. The lowest BCUT2D eigenvalue weighted by Crippen LogP contribution is -2.27. The van der Waals surface area contributed by atoms with Gasteiger partial charge in [-0.05, 0) is 30.4 Å². The summed E-state index contributed by atoms with van der Waals surface area (Å²) in [5, 5.41) is 3.15. The van der Waals surface area contributed by atoms with Crippen molar-refractivity contribution in [1.29, 1.82) is 0 Å². The van der Waals surface area contributed by atoms with Crippen molar-refractivity contribution in [3.05, 3.63) is 22.8 Å². The van der Waals surface area contributed by atoms with E-state index in [0.29, 0.717) is 29.2 Å². The average molecular weight is 255 g/mol. The van der Waals surface area contributed by atoms with Crippen LogP contribution in [0, 0.1) is 11.8 Å². The van der Waals surface area contributed by atoms with E-state index in [4.69, 9.17) is 17.4 Å². The van der Waals surface area contributed by atoms with E-state index >= 15 is 0 Å². The van der Waals surface area contributed by atoms with Crippen molar-refractivity contribution in [3.8, 4) is 0 Å². The molecule has 1 aromatic rings. The van der Waals surface area contributed by atoms with Crippen LogP contribution in [0.5, 0.6) is 0 Å². The minimum Gasteiger partial charge on any atom is -0.350 e. The Hall–Kier alpha value is -1.33. The Balaban J connectivity index is 2.01. The maximum absolute atomic E-state index is 11.8. The number of halogens is 1. The van der Waals surface area contributed by atoms with Crippen molar-refractivity contribution in [2.75, 3.05) is 12.0 Å². The van der Waals surface area contributed by atoms with E-state index in [2.05, 4.69) is 22.7 Å². The van der Waals surface area contributed by atoms with Crippen LogP contribution in [0.2, 0.25) is 5.02 Å². The Labute approximate surface area is 105 Å². The third-order valence-corrected chi connectivity index (χ3v) is 3.31. The van der Waals surface area contributed by atoms with E-state index in [1.165, 1.54) is 6.42 Å². The zero-order chi connectivity index (χ0) is 12.4. The smallest absolute Gasteiger partial charge is 0.271 e. The van der Waals surface area contributed by atoms with Gasteiger partial charge in [0.05, 0.1) is 5.02 Å². The first-order valence-corrected chi connectivity index (χ1v) is 5.91. The second kappa shape index (κ2) is 4.89. The molecule has 1 amide bonds. The molecule has 0 spiro atoms. The summed E-state index contributed by atoms with van der Waals surface area (Å²) < 4.78 is 0. The molecule has 1 aliphatic rings. The van der Waals surface area contributed by atoms with Crippen LogP contribution < -0.4 is 16.6 Å². The van der Waals surface area contributed by atoms with Gasteiger partial charge in [-0.1, -0.05) is 18.5 Å². The zero-order valence-corrected chi connectivity index (χ0v) is 10.3. The minimum absolute atomic E-state index is 0.204. The highest BCUT2D eigenvalue weighted by Crippen LogP contribution is 2.36. The number of nitrogens with two attached hydrogens (primary N) is 1. The number of hydrogen-bond donors (Lipinski definition) is 3. The molecule has 6 heteroatoms. The maximum Gasteiger partial charge on any atom is 0.271 e. The Morgan fingerprint density at radius 3 is 2.94 bits per heavy atom. The molecule has 1 heterocycles. The molecule has 2 rings (SSSR count). The van der Waals surface area contributed by atoms with E-state index in [1.54, 1.807) is 12.1 Å². The predicted octanol–water partition coefficient (Wildman–Crippen LogP) is 1.41. The number of hydrogen-bond acceptors (Lipinski definition) is 4. The van der Waals surface area contributed by atoms with Crippen LogP contribution in [-0.2, 0) is 0 Å². The third kappa shape index (κ3) is 2.87. The lowest BCUT2D eigenvalue weighted by atomic mass is 10.3. The number of anilines is 1. The molecule has 92 valence electrons. The Morgan fingerprint density at radius 1 is 1.65 bits per heavy atom. The molecule has 0 aliphatic heterocycles. The van der Waals surface area contributed by atoms with E-state index < -0.39 is 0 Å². The van der Waals surface area contributed by atoms with Gasteiger partial charge in [-0.2, -0.15) is 0 Å². The summed E-state index contributed by atoms with van der Waals surface area (Å²) in [6.45, 7) is 2.85. The van der Waals surface area contributed by atoms with Gasteiger partial charge in [0.2, 0.25) is 0 Å². The van der Waals surface area contributed by atoms with E-state index in [1.807, 2.05) is 0 Å². The number of pyridine rings is 1. The number of hydrazine groups is 1. The molecule has 1 saturated carbocycles. The molecular formula is C11H15ClN4O. The molecule has 1 aromatic heterocycles. The lowest BCUT2D eigenvalue weighted by molar-refractivity contribution is 0.0946. The van der Waals surface area contributed by atoms with Gasteiger partial charge in [-0.15, -0.1) is 0 Å². The lowest BCUT2D eigenvalue weighted by Gasteiger charge is -2.07. The summed E-state index contributed by atoms with van der Waals surface area (Å²) in [5.41, 5.74) is 2.59. The molecule has 0 radical (unpaired) electrons. The number of rotatable bonds is 4. The minimum atomic E-state index is -0.258. The molecule has 1 fully saturated rings. The Bertz CT molecular complexity index is 437. The second-order valence-corrected chi connectivity index (χ2v) is 4.76. The molecule has 5 nitrogen and oxygen atoms in total. The Morgan fingerprint density at radius 2 is 2.35 bits per heavy atom. The number of carbonyl (C=O) groups is 1. The molecule has 1 aliphatic carbocycles. The van der Waals surface area contributed by atoms with Gasteiger partial charge >= 0.3 is 0 Å². The molecule has 2 atom stereocenters. The topological polar surface area (TPSA) is 80.0 Å². The van der Waals surface area contributed by atoms with Gasteiger partial charge in [0.1, 0.15) is 11.5 Å². The van der Waals surface area contributed by atoms with Crippen molar-refractivity contribution in [2.45, 2.75) is 13.3 Å². The molecule has 17 heavy (non-hydrogen) atoms. The SMILES string of the molecule is CC1CC1CNC(=O)c1nc(NN)ccc1Cl. The summed E-state index contributed by atoms with van der Waals surface area (Å²) in [7, 11) is 0. The molecule has 2 unspecified atom stereocenters. The molecule has 0 bridgehead atoms. The summed E-state index contributed by atoms with van der Waals surface area (Å²) in [4.78, 5) is 15.9. The number of aromatic nitrogens is 1. The maximum atomic E-state index is 11.8. The van der Waals surface area contributed by atoms with Gasteiger partial charge < -0.3 is 10.7 Å². The van der Waals surface area contributed by atoms with Gasteiger partial charge in [-0.25, -0.2) is 10.8 Å². The molecule has 4 N–H and O–H groups in total. The zero-order valence-electron chi connectivity index (χ0n) is 9.53. The highest BCUT2D eigenvalue weighted by molar-refractivity contribution is 6.33. The van der Waals surface area contributed by atoms with Gasteiger partial charge in [0, 0.05) is 6.54 Å². The van der Waals surface area contributed by atoms with Crippen molar-refractivity contribution < 1.29 is 4.79 Å². The normalized spacial score (nSPS) is 22.1. The first kappa shape index (κ1) is 12.1. The third-order valence-electron chi connectivity index (χ3n) is 3.01. The Kier molecular flexibility index (Phi) is 3.49. The fourth-order valence-electron chi connectivity index (χ4n) is 1.67. The molecule has 0 saturated heterocycles. The van der Waals surface area contributed by atoms with E-state index in [-0.39, 0.29) is 11.6 Å². The molecular weight excluding hydrogens is 240 g/mol. The van der Waals surface area contributed by atoms with Crippen LogP contribution >= 0.6 is 11.6 Å². The number of nitrogens with one attached hydrogen (secondary N) is 2. The largest absolute Gasteiger partial charge is 0.350 e. The molecule has 0 aromatic carbocycles. The average Bonchev–Trinajstić information content (AvgIpc) is 3.03. The summed E-state index contributed by atoms with van der Waals surface area (Å²) in [5.74, 6) is 6.69. The van der Waals surface area contributed by atoms with Crippen LogP contribution in [0.25, 0.3) is 0 Å². The fourth-order valence-corrected chi connectivity index (χ4v) is 1.86. The number of carbonyl (C=O) groups excluding carboxylic acids is 1. The highest BCUT2D eigenvalue weighted by Gasteiger charge is 2.32.